The van der Waals surface area contributed by atoms with Crippen molar-refractivity contribution in [2.24, 2.45) is 0 Å². The van der Waals surface area contributed by atoms with Crippen LogP contribution in [0.2, 0.25) is 0 Å². The summed E-state index contributed by atoms with van der Waals surface area (Å²) in [6.45, 7) is 4.51. The molecule has 0 unspecified atom stereocenters. The number of hydrogen-bond donors (Lipinski definition) is 0. The summed E-state index contributed by atoms with van der Waals surface area (Å²) in [5.41, 5.74) is 2.31. The van der Waals surface area contributed by atoms with E-state index >= 15 is 0 Å². The third-order valence-electron chi connectivity index (χ3n) is 3.77. The van der Waals surface area contributed by atoms with Crippen molar-refractivity contribution in [3.63, 3.8) is 0 Å². The summed E-state index contributed by atoms with van der Waals surface area (Å²) in [4.78, 5) is 11.9. The number of nitrogens with zero attached hydrogens (tertiary/aromatic N) is 2. The number of ether oxygens (including phenoxy) is 1. The van der Waals surface area contributed by atoms with Gasteiger partial charge in [0.1, 0.15) is 10.7 Å². The summed E-state index contributed by atoms with van der Waals surface area (Å²) in [5, 5.41) is 11.9. The van der Waals surface area contributed by atoms with E-state index in [2.05, 4.69) is 29.3 Å². The van der Waals surface area contributed by atoms with Gasteiger partial charge in [-0.25, -0.2) is 4.79 Å². The van der Waals surface area contributed by atoms with Crippen LogP contribution in [0.25, 0.3) is 22.0 Å². The van der Waals surface area contributed by atoms with Gasteiger partial charge in [0.2, 0.25) is 0 Å². The van der Waals surface area contributed by atoms with Crippen LogP contribution in [0.1, 0.15) is 30.6 Å². The minimum Gasteiger partial charge on any atom is -0.462 e. The highest BCUT2D eigenvalue weighted by Gasteiger charge is 2.12. The molecule has 0 N–H and O–H groups in total. The molecule has 1 aromatic heterocycles. The van der Waals surface area contributed by atoms with Crippen molar-refractivity contribution in [1.29, 1.82) is 0 Å². The van der Waals surface area contributed by atoms with Gasteiger partial charge in [-0.2, -0.15) is 0 Å². The number of aromatic nitrogens is 2. The van der Waals surface area contributed by atoms with Crippen LogP contribution in [0.5, 0.6) is 0 Å². The second kappa shape index (κ2) is 8.12. The zero-order valence-electron chi connectivity index (χ0n) is 14.4. The summed E-state index contributed by atoms with van der Waals surface area (Å²) < 4.78 is 5.17. The molecule has 128 valence electrons. The van der Waals surface area contributed by atoms with Gasteiger partial charge in [0.05, 0.1) is 12.2 Å². The highest BCUT2D eigenvalue weighted by atomic mass is 32.2. The summed E-state index contributed by atoms with van der Waals surface area (Å²) in [6, 6.07) is 15.5. The third kappa shape index (κ3) is 3.82. The van der Waals surface area contributed by atoms with Gasteiger partial charge < -0.3 is 4.74 Å². The second-order valence-electron chi connectivity index (χ2n) is 5.55. The number of fused-ring (bicyclic) bond motifs is 1. The van der Waals surface area contributed by atoms with Gasteiger partial charge in [-0.05, 0) is 24.3 Å². The van der Waals surface area contributed by atoms with Crippen LogP contribution in [0, 0.1) is 0 Å². The van der Waals surface area contributed by atoms with Crippen molar-refractivity contribution in [3.05, 3.63) is 54.1 Å². The van der Waals surface area contributed by atoms with Crippen molar-refractivity contribution < 1.29 is 9.53 Å². The molecule has 0 saturated carbocycles. The molecule has 0 amide bonds. The molecule has 2 aromatic carbocycles. The van der Waals surface area contributed by atoms with E-state index in [1.807, 2.05) is 31.2 Å². The summed E-state index contributed by atoms with van der Waals surface area (Å²) in [6.07, 6.45) is 0.813. The Morgan fingerprint density at radius 1 is 1.00 bits per heavy atom. The Labute approximate surface area is 151 Å². The van der Waals surface area contributed by atoms with Crippen LogP contribution in [-0.2, 0) is 4.74 Å². The molecule has 0 saturated heterocycles. The highest BCUT2D eigenvalue weighted by molar-refractivity contribution is 7.99. The molecular formula is C20H20N2O2S. The van der Waals surface area contributed by atoms with Crippen LogP contribution < -0.4 is 0 Å². The molecule has 4 nitrogen and oxygen atoms in total. The average Bonchev–Trinajstić information content (AvgIpc) is 2.67. The molecule has 0 atom stereocenters. The third-order valence-corrected chi connectivity index (χ3v) is 4.63. The van der Waals surface area contributed by atoms with Crippen molar-refractivity contribution >= 4 is 28.5 Å². The normalized spacial score (nSPS) is 10.8. The number of hydrogen-bond acceptors (Lipinski definition) is 5. The zero-order chi connectivity index (χ0) is 17.6. The maximum absolute atomic E-state index is 11.9. The topological polar surface area (TPSA) is 52.1 Å². The van der Waals surface area contributed by atoms with Crippen LogP contribution >= 0.6 is 11.8 Å². The van der Waals surface area contributed by atoms with Crippen molar-refractivity contribution in [2.45, 2.75) is 25.3 Å². The van der Waals surface area contributed by atoms with Gasteiger partial charge in [0, 0.05) is 16.3 Å². The lowest BCUT2D eigenvalue weighted by molar-refractivity contribution is 0.0505. The molecule has 5 heteroatoms. The first-order chi connectivity index (χ1) is 12.2. The number of esters is 1. The fourth-order valence-electron chi connectivity index (χ4n) is 2.58. The van der Waals surface area contributed by atoms with E-state index in [1.165, 1.54) is 0 Å². The second-order valence-corrected chi connectivity index (χ2v) is 6.80. The maximum atomic E-state index is 11.9. The van der Waals surface area contributed by atoms with E-state index < -0.39 is 0 Å². The molecule has 0 spiro atoms. The van der Waals surface area contributed by atoms with E-state index in [4.69, 9.17) is 4.74 Å². The van der Waals surface area contributed by atoms with Crippen LogP contribution in [0.15, 0.2) is 53.6 Å². The Morgan fingerprint density at radius 3 is 2.40 bits per heavy atom. The molecule has 0 bridgehead atoms. The van der Waals surface area contributed by atoms with Crippen LogP contribution in [-0.4, -0.2) is 28.5 Å². The Morgan fingerprint density at radius 2 is 1.72 bits per heavy atom. The van der Waals surface area contributed by atoms with E-state index in [0.717, 1.165) is 39.2 Å². The van der Waals surface area contributed by atoms with Crippen LogP contribution in [0.4, 0.5) is 0 Å². The van der Waals surface area contributed by atoms with Gasteiger partial charge >= 0.3 is 5.97 Å². The first-order valence-corrected chi connectivity index (χ1v) is 9.39. The van der Waals surface area contributed by atoms with E-state index in [0.29, 0.717) is 12.2 Å². The molecule has 25 heavy (non-hydrogen) atoms. The predicted molar refractivity (Wildman–Crippen MR) is 102 cm³/mol. The zero-order valence-corrected chi connectivity index (χ0v) is 15.2. The number of carbonyl (C=O) groups excluding carboxylic acids is 1. The number of rotatable bonds is 6. The standard InChI is InChI=1S/C20H20N2O2S/c1-3-13-24-20(23)15-11-9-14(10-12-15)18-16-7-5-6-8-17(16)19(22-21-18)25-4-2/h5-12H,3-4,13H2,1-2H3. The molecule has 0 fully saturated rings. The van der Waals surface area contributed by atoms with Crippen molar-refractivity contribution in [3.8, 4) is 11.3 Å². The summed E-state index contributed by atoms with van der Waals surface area (Å²) in [7, 11) is 0. The SMILES string of the molecule is CCCOC(=O)c1ccc(-c2nnc(SCC)c3ccccc23)cc1. The number of benzene rings is 2. The van der Waals surface area contributed by atoms with Gasteiger partial charge in [0.25, 0.3) is 0 Å². The Balaban J connectivity index is 1.97. The number of thioether (sulfide) groups is 1. The molecule has 3 rings (SSSR count). The smallest absolute Gasteiger partial charge is 0.338 e. The lowest BCUT2D eigenvalue weighted by Crippen LogP contribution is -2.05. The van der Waals surface area contributed by atoms with Crippen molar-refractivity contribution in [1.82, 2.24) is 10.2 Å². The maximum Gasteiger partial charge on any atom is 0.338 e. The van der Waals surface area contributed by atoms with E-state index in [-0.39, 0.29) is 5.97 Å². The van der Waals surface area contributed by atoms with Gasteiger partial charge in [-0.1, -0.05) is 50.2 Å². The fourth-order valence-corrected chi connectivity index (χ4v) is 3.28. The molecule has 1 heterocycles. The highest BCUT2D eigenvalue weighted by Crippen LogP contribution is 2.31. The molecular weight excluding hydrogens is 332 g/mol. The number of carbonyl (C=O) groups is 1. The quantitative estimate of drug-likeness (QED) is 0.463. The van der Waals surface area contributed by atoms with E-state index in [1.54, 1.807) is 23.9 Å². The first kappa shape index (κ1) is 17.4. The van der Waals surface area contributed by atoms with Crippen LogP contribution in [0.3, 0.4) is 0 Å². The average molecular weight is 352 g/mol. The molecule has 0 aliphatic rings. The Kier molecular flexibility index (Phi) is 5.66. The Bertz CT molecular complexity index is 879. The molecule has 0 aliphatic heterocycles. The van der Waals surface area contributed by atoms with Gasteiger partial charge in [0.15, 0.2) is 0 Å². The minimum absolute atomic E-state index is 0.293. The minimum atomic E-state index is -0.293. The lowest BCUT2D eigenvalue weighted by Gasteiger charge is -2.09. The van der Waals surface area contributed by atoms with E-state index in [9.17, 15) is 4.79 Å². The lowest BCUT2D eigenvalue weighted by atomic mass is 10.0. The first-order valence-electron chi connectivity index (χ1n) is 8.40. The van der Waals surface area contributed by atoms with Gasteiger partial charge in [-0.15, -0.1) is 22.0 Å². The molecule has 0 radical (unpaired) electrons. The molecule has 3 aromatic rings. The predicted octanol–water partition coefficient (Wildman–Crippen LogP) is 4.98. The summed E-state index contributed by atoms with van der Waals surface area (Å²) >= 11 is 1.69. The summed E-state index contributed by atoms with van der Waals surface area (Å²) in [5.74, 6) is 0.658. The van der Waals surface area contributed by atoms with Gasteiger partial charge in [-0.3, -0.25) is 0 Å². The largest absolute Gasteiger partial charge is 0.462 e. The van der Waals surface area contributed by atoms with Crippen molar-refractivity contribution in [2.75, 3.05) is 12.4 Å². The monoisotopic (exact) mass is 352 g/mol. The Hall–Kier alpha value is -2.40. The molecule has 0 aliphatic carbocycles. The fraction of sp³-hybridized carbons (Fsp3) is 0.250.